The fourth-order valence-corrected chi connectivity index (χ4v) is 2.08. The molecule has 0 saturated carbocycles. The molecule has 0 amide bonds. The van der Waals surface area contributed by atoms with E-state index in [4.69, 9.17) is 5.14 Å². The molecule has 0 fully saturated rings. The summed E-state index contributed by atoms with van der Waals surface area (Å²) < 4.78 is 1.67. The van der Waals surface area contributed by atoms with Gasteiger partial charge >= 0.3 is 0 Å². The SMILES string of the molecule is CNc1c(C)c(-c2ccncc2)nn1SN. The van der Waals surface area contributed by atoms with Crippen molar-refractivity contribution in [3.63, 3.8) is 0 Å². The molecule has 0 radical (unpaired) electrons. The first-order valence-electron chi connectivity index (χ1n) is 4.83. The van der Waals surface area contributed by atoms with E-state index in [1.165, 1.54) is 0 Å². The van der Waals surface area contributed by atoms with Crippen molar-refractivity contribution in [2.24, 2.45) is 5.14 Å². The number of nitrogens with two attached hydrogens (primary N) is 1. The van der Waals surface area contributed by atoms with Crippen molar-refractivity contribution >= 4 is 18.0 Å². The van der Waals surface area contributed by atoms with Crippen LogP contribution in [0.2, 0.25) is 0 Å². The van der Waals surface area contributed by atoms with Crippen molar-refractivity contribution < 1.29 is 0 Å². The summed E-state index contributed by atoms with van der Waals surface area (Å²) in [7, 11) is 1.85. The van der Waals surface area contributed by atoms with Crippen LogP contribution in [0.1, 0.15) is 5.56 Å². The number of rotatable bonds is 3. The molecular weight excluding hydrogens is 222 g/mol. The van der Waals surface area contributed by atoms with E-state index in [0.717, 1.165) is 34.8 Å². The fourth-order valence-electron chi connectivity index (χ4n) is 1.61. The van der Waals surface area contributed by atoms with Crippen LogP contribution in [0.3, 0.4) is 0 Å². The van der Waals surface area contributed by atoms with Crippen LogP contribution in [-0.2, 0) is 0 Å². The molecule has 0 atom stereocenters. The van der Waals surface area contributed by atoms with Crippen LogP contribution in [0.15, 0.2) is 24.5 Å². The Morgan fingerprint density at radius 1 is 1.38 bits per heavy atom. The molecule has 0 bridgehead atoms. The second kappa shape index (κ2) is 4.54. The lowest BCUT2D eigenvalue weighted by Gasteiger charge is -2.01. The molecule has 3 N–H and O–H groups in total. The predicted octanol–water partition coefficient (Wildman–Crippen LogP) is 1.67. The zero-order valence-corrected chi connectivity index (χ0v) is 9.95. The number of pyridine rings is 1. The van der Waals surface area contributed by atoms with E-state index in [2.05, 4.69) is 15.4 Å². The minimum atomic E-state index is 0.916. The summed E-state index contributed by atoms with van der Waals surface area (Å²) in [6.45, 7) is 2.02. The van der Waals surface area contributed by atoms with Crippen molar-refractivity contribution in [1.29, 1.82) is 0 Å². The van der Waals surface area contributed by atoms with E-state index in [1.807, 2.05) is 26.1 Å². The Bertz CT molecular complexity index is 479. The van der Waals surface area contributed by atoms with Crippen molar-refractivity contribution in [2.45, 2.75) is 6.92 Å². The molecule has 2 heterocycles. The highest BCUT2D eigenvalue weighted by Crippen LogP contribution is 2.28. The van der Waals surface area contributed by atoms with E-state index in [1.54, 1.807) is 16.5 Å². The van der Waals surface area contributed by atoms with E-state index in [0.29, 0.717) is 0 Å². The van der Waals surface area contributed by atoms with Gasteiger partial charge in [-0.1, -0.05) is 0 Å². The van der Waals surface area contributed by atoms with Crippen LogP contribution < -0.4 is 10.5 Å². The largest absolute Gasteiger partial charge is 0.372 e. The first-order valence-corrected chi connectivity index (χ1v) is 5.66. The van der Waals surface area contributed by atoms with Gasteiger partial charge < -0.3 is 5.32 Å². The maximum absolute atomic E-state index is 5.55. The van der Waals surface area contributed by atoms with Crippen LogP contribution in [-0.4, -0.2) is 21.2 Å². The summed E-state index contributed by atoms with van der Waals surface area (Å²) >= 11 is 1.08. The van der Waals surface area contributed by atoms with Gasteiger partial charge in [0.2, 0.25) is 0 Å². The molecule has 5 nitrogen and oxygen atoms in total. The molecule has 2 rings (SSSR count). The molecule has 0 unspecified atom stereocenters. The number of hydrogen-bond acceptors (Lipinski definition) is 5. The molecule has 0 aliphatic heterocycles. The first-order chi connectivity index (χ1) is 7.77. The van der Waals surface area contributed by atoms with Crippen molar-refractivity contribution in [2.75, 3.05) is 12.4 Å². The van der Waals surface area contributed by atoms with Gasteiger partial charge in [0.25, 0.3) is 0 Å². The number of aromatic nitrogens is 3. The molecule has 2 aromatic rings. The predicted molar refractivity (Wildman–Crippen MR) is 66.9 cm³/mol. The Balaban J connectivity index is 2.54. The third-order valence-corrected chi connectivity index (χ3v) is 2.85. The van der Waals surface area contributed by atoms with Gasteiger partial charge in [-0.05, 0) is 19.1 Å². The zero-order valence-electron chi connectivity index (χ0n) is 9.14. The summed E-state index contributed by atoms with van der Waals surface area (Å²) in [4.78, 5) is 3.99. The summed E-state index contributed by atoms with van der Waals surface area (Å²) in [6, 6.07) is 3.86. The maximum atomic E-state index is 5.55. The Labute approximate surface area is 98.3 Å². The molecule has 0 saturated heterocycles. The van der Waals surface area contributed by atoms with E-state index < -0.39 is 0 Å². The average Bonchev–Trinajstić information content (AvgIpc) is 2.66. The zero-order chi connectivity index (χ0) is 11.5. The first kappa shape index (κ1) is 11.0. The Morgan fingerprint density at radius 3 is 2.56 bits per heavy atom. The van der Waals surface area contributed by atoms with Crippen molar-refractivity contribution in [1.82, 2.24) is 14.2 Å². The second-order valence-corrected chi connectivity index (χ2v) is 3.84. The van der Waals surface area contributed by atoms with Crippen LogP contribution in [0.5, 0.6) is 0 Å². The summed E-state index contributed by atoms with van der Waals surface area (Å²) in [5, 5.41) is 13.1. The van der Waals surface area contributed by atoms with Gasteiger partial charge in [-0.25, -0.2) is 0 Å². The minimum absolute atomic E-state index is 0.916. The summed E-state index contributed by atoms with van der Waals surface area (Å²) in [5.41, 5.74) is 3.04. The molecule has 0 spiro atoms. The van der Waals surface area contributed by atoms with Crippen LogP contribution in [0.25, 0.3) is 11.3 Å². The Hall–Kier alpha value is -1.53. The smallest absolute Gasteiger partial charge is 0.141 e. The third-order valence-electron chi connectivity index (χ3n) is 2.38. The average molecular weight is 235 g/mol. The molecule has 0 aliphatic rings. The molecule has 16 heavy (non-hydrogen) atoms. The van der Waals surface area contributed by atoms with Gasteiger partial charge in [0.1, 0.15) is 5.82 Å². The van der Waals surface area contributed by atoms with Crippen LogP contribution in [0.4, 0.5) is 5.82 Å². The quantitative estimate of drug-likeness (QED) is 0.792. The number of nitrogens with one attached hydrogen (secondary N) is 1. The number of hydrogen-bond donors (Lipinski definition) is 2. The maximum Gasteiger partial charge on any atom is 0.141 e. The Morgan fingerprint density at radius 2 is 2.06 bits per heavy atom. The van der Waals surface area contributed by atoms with Gasteiger partial charge in [0.15, 0.2) is 0 Å². The third kappa shape index (κ3) is 1.77. The standard InChI is InChI=1S/C10H13N5S/c1-7-9(8-3-5-13-6-4-8)14-15(16-11)10(7)12-2/h3-6,12H,11H2,1-2H3. The topological polar surface area (TPSA) is 68.8 Å². The van der Waals surface area contributed by atoms with Gasteiger partial charge in [-0.3, -0.25) is 10.1 Å². The summed E-state index contributed by atoms with van der Waals surface area (Å²) in [6.07, 6.45) is 3.50. The highest BCUT2D eigenvalue weighted by atomic mass is 32.2. The monoisotopic (exact) mass is 235 g/mol. The summed E-state index contributed by atoms with van der Waals surface area (Å²) in [5.74, 6) is 0.916. The number of anilines is 1. The molecule has 0 aromatic carbocycles. The Kier molecular flexibility index (Phi) is 3.12. The van der Waals surface area contributed by atoms with E-state index in [-0.39, 0.29) is 0 Å². The molecule has 0 aliphatic carbocycles. The second-order valence-electron chi connectivity index (χ2n) is 3.29. The lowest BCUT2D eigenvalue weighted by atomic mass is 10.1. The van der Waals surface area contributed by atoms with Gasteiger partial charge in [0, 0.05) is 30.6 Å². The van der Waals surface area contributed by atoms with Crippen LogP contribution >= 0.6 is 12.1 Å². The van der Waals surface area contributed by atoms with Crippen molar-refractivity contribution in [3.8, 4) is 11.3 Å². The normalized spacial score (nSPS) is 10.4. The molecule has 84 valence electrons. The molecule has 2 aromatic heterocycles. The van der Waals surface area contributed by atoms with E-state index in [9.17, 15) is 0 Å². The van der Waals surface area contributed by atoms with Crippen LogP contribution in [0, 0.1) is 6.92 Å². The van der Waals surface area contributed by atoms with Gasteiger partial charge in [-0.2, -0.15) is 9.19 Å². The lowest BCUT2D eigenvalue weighted by Crippen LogP contribution is -2.01. The molecule has 6 heteroatoms. The number of nitrogens with zero attached hydrogens (tertiary/aromatic N) is 3. The minimum Gasteiger partial charge on any atom is -0.372 e. The highest BCUT2D eigenvalue weighted by molar-refractivity contribution is 7.95. The van der Waals surface area contributed by atoms with Gasteiger partial charge in [-0.15, -0.1) is 0 Å². The lowest BCUT2D eigenvalue weighted by molar-refractivity contribution is 1.01. The van der Waals surface area contributed by atoms with E-state index >= 15 is 0 Å². The highest BCUT2D eigenvalue weighted by Gasteiger charge is 2.14. The fraction of sp³-hybridized carbons (Fsp3) is 0.200. The van der Waals surface area contributed by atoms with Crippen molar-refractivity contribution in [3.05, 3.63) is 30.1 Å². The van der Waals surface area contributed by atoms with Gasteiger partial charge in [0.05, 0.1) is 17.8 Å². The molecular formula is C10H13N5S.